The van der Waals surface area contributed by atoms with Crippen molar-refractivity contribution in [1.82, 2.24) is 9.97 Å². The van der Waals surface area contributed by atoms with Gasteiger partial charge in [-0.1, -0.05) is 26.0 Å². The van der Waals surface area contributed by atoms with Gasteiger partial charge in [0, 0.05) is 43.2 Å². The lowest BCUT2D eigenvalue weighted by Crippen LogP contribution is -2.37. The van der Waals surface area contributed by atoms with Crippen LogP contribution in [0.4, 0.5) is 11.6 Å². The molecule has 2 aliphatic heterocycles. The Kier molecular flexibility index (Phi) is 5.77. The molecule has 5 rings (SSSR count). The highest BCUT2D eigenvalue weighted by Gasteiger charge is 2.21. The van der Waals surface area contributed by atoms with E-state index in [1.54, 1.807) is 0 Å². The fraction of sp³-hybridized carbons (Fsp3) is 0.462. The summed E-state index contributed by atoms with van der Waals surface area (Å²) in [5.41, 5.74) is 6.12. The minimum absolute atomic E-state index is 0.756. The van der Waals surface area contributed by atoms with Crippen LogP contribution in [0.15, 0.2) is 36.4 Å². The molecule has 1 aromatic carbocycles. The summed E-state index contributed by atoms with van der Waals surface area (Å²) in [6.07, 6.45) is 4.60. The van der Waals surface area contributed by atoms with E-state index in [9.17, 15) is 0 Å². The number of anilines is 2. The van der Waals surface area contributed by atoms with Crippen LogP contribution in [0, 0.1) is 0 Å². The van der Waals surface area contributed by atoms with Crippen molar-refractivity contribution in [3.05, 3.63) is 47.5 Å². The molecule has 0 unspecified atom stereocenters. The Bertz CT molecular complexity index is 1070. The summed E-state index contributed by atoms with van der Waals surface area (Å²) < 4.78 is 5.59. The fourth-order valence-corrected chi connectivity index (χ4v) is 4.84. The lowest BCUT2D eigenvalue weighted by molar-refractivity contribution is 0.122. The summed E-state index contributed by atoms with van der Waals surface area (Å²) in [6, 6.07) is 13.4. The number of benzene rings is 1. The van der Waals surface area contributed by atoms with E-state index in [1.807, 2.05) is 0 Å². The average Bonchev–Trinajstić information content (AvgIpc) is 3.38. The van der Waals surface area contributed by atoms with Crippen LogP contribution in [0.2, 0.25) is 0 Å². The minimum atomic E-state index is 0.756. The van der Waals surface area contributed by atoms with Crippen LogP contribution in [0.1, 0.15) is 37.8 Å². The number of aryl methyl sites for hydroxylation is 2. The first-order valence-electron chi connectivity index (χ1n) is 11.8. The Hall–Kier alpha value is -2.66. The van der Waals surface area contributed by atoms with Crippen molar-refractivity contribution >= 4 is 22.5 Å². The molecule has 2 aliphatic rings. The highest BCUT2D eigenvalue weighted by Crippen LogP contribution is 2.32. The first-order chi connectivity index (χ1) is 15.3. The van der Waals surface area contributed by atoms with Crippen LogP contribution < -0.4 is 9.80 Å². The molecule has 162 valence electrons. The maximum atomic E-state index is 5.59. The van der Waals surface area contributed by atoms with Crippen molar-refractivity contribution < 1.29 is 4.74 Å². The third kappa shape index (κ3) is 3.99. The molecule has 3 aromatic rings. The van der Waals surface area contributed by atoms with E-state index in [0.29, 0.717) is 0 Å². The standard InChI is InChI=1S/C26H32N4O/c1-3-19-7-8-21(17-20(19)4-2)23-10-9-22-24(27-23)18-25(29-11-5-6-12-29)28-26(22)30-13-15-31-16-14-30/h7-10,17-18H,3-6,11-16H2,1-2H3. The van der Waals surface area contributed by atoms with Crippen LogP contribution in [-0.4, -0.2) is 49.4 Å². The molecule has 31 heavy (non-hydrogen) atoms. The zero-order chi connectivity index (χ0) is 21.2. The quantitative estimate of drug-likeness (QED) is 0.594. The maximum Gasteiger partial charge on any atom is 0.140 e. The lowest BCUT2D eigenvalue weighted by atomic mass is 9.98. The van der Waals surface area contributed by atoms with Gasteiger partial charge in [-0.3, -0.25) is 0 Å². The molecule has 2 aromatic heterocycles. The second-order valence-corrected chi connectivity index (χ2v) is 8.55. The molecule has 0 atom stereocenters. The number of ether oxygens (including phenoxy) is 1. The summed E-state index contributed by atoms with van der Waals surface area (Å²) >= 11 is 0. The molecule has 0 bridgehead atoms. The molecule has 2 fully saturated rings. The molecule has 0 aliphatic carbocycles. The van der Waals surface area contributed by atoms with Gasteiger partial charge < -0.3 is 14.5 Å². The van der Waals surface area contributed by atoms with E-state index in [2.05, 4.69) is 60.0 Å². The van der Waals surface area contributed by atoms with Gasteiger partial charge in [0.15, 0.2) is 0 Å². The van der Waals surface area contributed by atoms with Crippen molar-refractivity contribution in [3.63, 3.8) is 0 Å². The summed E-state index contributed by atoms with van der Waals surface area (Å²) in [7, 11) is 0. The zero-order valence-electron chi connectivity index (χ0n) is 18.7. The molecular formula is C26H32N4O. The van der Waals surface area contributed by atoms with Gasteiger partial charge in [0.25, 0.3) is 0 Å². The van der Waals surface area contributed by atoms with Gasteiger partial charge in [-0.05, 0) is 55.0 Å². The molecule has 0 saturated carbocycles. The Morgan fingerprint density at radius 3 is 2.32 bits per heavy atom. The lowest BCUT2D eigenvalue weighted by Gasteiger charge is -2.30. The van der Waals surface area contributed by atoms with Gasteiger partial charge in [0.05, 0.1) is 24.4 Å². The minimum Gasteiger partial charge on any atom is -0.378 e. The van der Waals surface area contributed by atoms with Crippen molar-refractivity contribution in [2.75, 3.05) is 49.2 Å². The predicted octanol–water partition coefficient (Wildman–Crippen LogP) is 4.86. The number of fused-ring (bicyclic) bond motifs is 1. The number of hydrogen-bond acceptors (Lipinski definition) is 5. The van der Waals surface area contributed by atoms with Crippen LogP contribution in [0.3, 0.4) is 0 Å². The fourth-order valence-electron chi connectivity index (χ4n) is 4.84. The summed E-state index contributed by atoms with van der Waals surface area (Å²) in [5, 5.41) is 1.13. The highest BCUT2D eigenvalue weighted by molar-refractivity contribution is 5.93. The number of nitrogens with zero attached hydrogens (tertiary/aromatic N) is 4. The molecule has 5 heteroatoms. The second-order valence-electron chi connectivity index (χ2n) is 8.55. The number of morpholine rings is 1. The first kappa shape index (κ1) is 20.3. The highest BCUT2D eigenvalue weighted by atomic mass is 16.5. The van der Waals surface area contributed by atoms with Crippen LogP contribution in [0.5, 0.6) is 0 Å². The van der Waals surface area contributed by atoms with Crippen molar-refractivity contribution in [3.8, 4) is 11.3 Å². The smallest absolute Gasteiger partial charge is 0.140 e. The predicted molar refractivity (Wildman–Crippen MR) is 128 cm³/mol. The Morgan fingerprint density at radius 1 is 0.806 bits per heavy atom. The largest absolute Gasteiger partial charge is 0.378 e. The van der Waals surface area contributed by atoms with E-state index in [4.69, 9.17) is 14.7 Å². The monoisotopic (exact) mass is 416 g/mol. The summed E-state index contributed by atoms with van der Waals surface area (Å²) in [6.45, 7) is 9.89. The van der Waals surface area contributed by atoms with Crippen molar-refractivity contribution in [2.45, 2.75) is 39.5 Å². The second kappa shape index (κ2) is 8.83. The summed E-state index contributed by atoms with van der Waals surface area (Å²) in [5.74, 6) is 2.11. The molecule has 0 radical (unpaired) electrons. The maximum absolute atomic E-state index is 5.59. The molecule has 4 heterocycles. The van der Waals surface area contributed by atoms with E-state index < -0.39 is 0 Å². The third-order valence-electron chi connectivity index (χ3n) is 6.66. The van der Waals surface area contributed by atoms with Crippen LogP contribution in [0.25, 0.3) is 22.2 Å². The number of hydrogen-bond donors (Lipinski definition) is 0. The molecular weight excluding hydrogens is 384 g/mol. The first-order valence-corrected chi connectivity index (χ1v) is 11.8. The summed E-state index contributed by atoms with van der Waals surface area (Å²) in [4.78, 5) is 15.0. The van der Waals surface area contributed by atoms with Crippen LogP contribution in [-0.2, 0) is 17.6 Å². The van der Waals surface area contributed by atoms with Gasteiger partial charge in [-0.2, -0.15) is 0 Å². The van der Waals surface area contributed by atoms with Crippen LogP contribution >= 0.6 is 0 Å². The number of aromatic nitrogens is 2. The van der Waals surface area contributed by atoms with Gasteiger partial charge in [-0.25, -0.2) is 9.97 Å². The van der Waals surface area contributed by atoms with Crippen molar-refractivity contribution in [1.29, 1.82) is 0 Å². The normalized spacial score (nSPS) is 17.0. The third-order valence-corrected chi connectivity index (χ3v) is 6.66. The zero-order valence-corrected chi connectivity index (χ0v) is 18.7. The number of rotatable bonds is 5. The Morgan fingerprint density at radius 2 is 1.58 bits per heavy atom. The van der Waals surface area contributed by atoms with Gasteiger partial charge in [0.1, 0.15) is 11.6 Å². The van der Waals surface area contributed by atoms with Gasteiger partial charge in [0.2, 0.25) is 0 Å². The molecule has 0 amide bonds. The van der Waals surface area contributed by atoms with E-state index >= 15 is 0 Å². The van der Waals surface area contributed by atoms with E-state index in [0.717, 1.165) is 80.5 Å². The topological polar surface area (TPSA) is 41.5 Å². The van der Waals surface area contributed by atoms with E-state index in [1.165, 1.54) is 29.5 Å². The Balaban J connectivity index is 1.61. The molecule has 5 nitrogen and oxygen atoms in total. The van der Waals surface area contributed by atoms with Crippen molar-refractivity contribution in [2.24, 2.45) is 0 Å². The molecule has 0 N–H and O–H groups in total. The SMILES string of the molecule is CCc1ccc(-c2ccc3c(N4CCOCC4)nc(N4CCCC4)cc3n2)cc1CC. The molecule has 0 spiro atoms. The average molecular weight is 417 g/mol. The van der Waals surface area contributed by atoms with Gasteiger partial charge in [-0.15, -0.1) is 0 Å². The van der Waals surface area contributed by atoms with E-state index in [-0.39, 0.29) is 0 Å². The molecule has 2 saturated heterocycles. The number of pyridine rings is 2. The Labute approximate surface area is 185 Å². The van der Waals surface area contributed by atoms with Gasteiger partial charge >= 0.3 is 0 Å².